The zero-order valence-corrected chi connectivity index (χ0v) is 18.9. The average Bonchev–Trinajstić information content (AvgIpc) is 2.85. The topological polar surface area (TPSA) is 73.0 Å². The number of para-hydroxylation sites is 1. The highest BCUT2D eigenvalue weighted by atomic mass is 16.2. The number of piperazine rings is 2. The molecule has 0 spiro atoms. The summed E-state index contributed by atoms with van der Waals surface area (Å²) in [5, 5.41) is 2.80. The summed E-state index contributed by atoms with van der Waals surface area (Å²) in [6, 6.07) is 17.1. The molecule has 2 aliphatic heterocycles. The molecule has 0 aromatic heterocycles. The van der Waals surface area contributed by atoms with Crippen molar-refractivity contribution in [2.75, 3.05) is 44.2 Å². The van der Waals surface area contributed by atoms with Gasteiger partial charge in [-0.25, -0.2) is 0 Å². The number of aryl methyl sites for hydroxylation is 1. The SMILES string of the molecule is Cc1ccccc1/C=C/C(=O)N1CCNC(=O)[C@H]1CC(=O)N1CCN(c2ccccc2)CC1. The lowest BCUT2D eigenvalue weighted by molar-refractivity contribution is -0.144. The van der Waals surface area contributed by atoms with Crippen molar-refractivity contribution in [2.45, 2.75) is 19.4 Å². The van der Waals surface area contributed by atoms with Gasteiger partial charge in [0, 0.05) is 51.0 Å². The number of amides is 3. The molecule has 1 N–H and O–H groups in total. The zero-order chi connectivity index (χ0) is 23.2. The summed E-state index contributed by atoms with van der Waals surface area (Å²) in [6.07, 6.45) is 3.27. The highest BCUT2D eigenvalue weighted by Crippen LogP contribution is 2.18. The van der Waals surface area contributed by atoms with Gasteiger partial charge in [-0.15, -0.1) is 0 Å². The first-order chi connectivity index (χ1) is 16.0. The summed E-state index contributed by atoms with van der Waals surface area (Å²) in [6.45, 7) is 5.46. The minimum Gasteiger partial charge on any atom is -0.368 e. The number of hydrogen-bond acceptors (Lipinski definition) is 4. The van der Waals surface area contributed by atoms with E-state index in [9.17, 15) is 14.4 Å². The lowest BCUT2D eigenvalue weighted by Crippen LogP contribution is -2.59. The van der Waals surface area contributed by atoms with Crippen LogP contribution in [0.4, 0.5) is 5.69 Å². The van der Waals surface area contributed by atoms with Crippen molar-refractivity contribution in [1.29, 1.82) is 0 Å². The fourth-order valence-electron chi connectivity index (χ4n) is 4.36. The molecule has 0 unspecified atom stereocenters. The third kappa shape index (κ3) is 5.42. The Morgan fingerprint density at radius 3 is 2.39 bits per heavy atom. The van der Waals surface area contributed by atoms with E-state index in [0.29, 0.717) is 26.2 Å². The standard InChI is InChI=1S/C26H30N4O3/c1-20-7-5-6-8-21(20)11-12-24(31)30-14-13-27-26(33)23(30)19-25(32)29-17-15-28(16-18-29)22-9-3-2-4-10-22/h2-12,23H,13-19H2,1H3,(H,27,33)/b12-11+/t23-/m1/s1. The summed E-state index contributed by atoms with van der Waals surface area (Å²) < 4.78 is 0. The molecule has 4 rings (SSSR count). The molecular formula is C26H30N4O3. The first-order valence-corrected chi connectivity index (χ1v) is 11.4. The predicted octanol–water partition coefficient (Wildman–Crippen LogP) is 2.07. The van der Waals surface area contributed by atoms with Crippen LogP contribution < -0.4 is 10.2 Å². The maximum atomic E-state index is 13.0. The molecule has 2 aromatic carbocycles. The van der Waals surface area contributed by atoms with Gasteiger partial charge in [0.15, 0.2) is 0 Å². The molecule has 0 radical (unpaired) electrons. The van der Waals surface area contributed by atoms with Gasteiger partial charge in [-0.05, 0) is 36.3 Å². The van der Waals surface area contributed by atoms with Gasteiger partial charge in [-0.1, -0.05) is 42.5 Å². The second kappa shape index (κ2) is 10.3. The van der Waals surface area contributed by atoms with Gasteiger partial charge in [0.25, 0.3) is 0 Å². The maximum Gasteiger partial charge on any atom is 0.247 e. The molecule has 7 nitrogen and oxygen atoms in total. The van der Waals surface area contributed by atoms with Crippen LogP contribution in [0.5, 0.6) is 0 Å². The van der Waals surface area contributed by atoms with E-state index in [4.69, 9.17) is 0 Å². The van der Waals surface area contributed by atoms with E-state index < -0.39 is 6.04 Å². The molecule has 2 saturated heterocycles. The Kier molecular flexibility index (Phi) is 7.07. The van der Waals surface area contributed by atoms with Crippen LogP contribution in [0.3, 0.4) is 0 Å². The molecule has 1 atom stereocenters. The quantitative estimate of drug-likeness (QED) is 0.714. The Morgan fingerprint density at radius 1 is 0.970 bits per heavy atom. The minimum absolute atomic E-state index is 0.00111. The summed E-state index contributed by atoms with van der Waals surface area (Å²) in [4.78, 5) is 44.1. The second-order valence-corrected chi connectivity index (χ2v) is 8.44. The van der Waals surface area contributed by atoms with E-state index in [2.05, 4.69) is 22.3 Å². The van der Waals surface area contributed by atoms with E-state index in [1.807, 2.05) is 49.4 Å². The molecule has 2 aromatic rings. The second-order valence-electron chi connectivity index (χ2n) is 8.44. The van der Waals surface area contributed by atoms with E-state index in [1.165, 1.54) is 11.0 Å². The van der Waals surface area contributed by atoms with Crippen LogP contribution in [0.2, 0.25) is 0 Å². The smallest absolute Gasteiger partial charge is 0.247 e. The normalized spacial score (nSPS) is 19.0. The van der Waals surface area contributed by atoms with Gasteiger partial charge < -0.3 is 20.0 Å². The first kappa shape index (κ1) is 22.6. The highest BCUT2D eigenvalue weighted by Gasteiger charge is 2.35. The molecule has 2 fully saturated rings. The number of carbonyl (C=O) groups excluding carboxylic acids is 3. The molecule has 3 amide bonds. The summed E-state index contributed by atoms with van der Waals surface area (Å²) in [5.74, 6) is -0.611. The lowest BCUT2D eigenvalue weighted by atomic mass is 10.1. The first-order valence-electron chi connectivity index (χ1n) is 11.4. The third-order valence-corrected chi connectivity index (χ3v) is 6.33. The van der Waals surface area contributed by atoms with Crippen molar-refractivity contribution in [3.8, 4) is 0 Å². The Labute approximate surface area is 194 Å². The largest absolute Gasteiger partial charge is 0.368 e. The Balaban J connectivity index is 1.38. The van der Waals surface area contributed by atoms with Gasteiger partial charge >= 0.3 is 0 Å². The number of nitrogens with zero attached hydrogens (tertiary/aromatic N) is 3. The number of nitrogens with one attached hydrogen (secondary N) is 1. The monoisotopic (exact) mass is 446 g/mol. The molecule has 2 heterocycles. The fraction of sp³-hybridized carbons (Fsp3) is 0.346. The Morgan fingerprint density at radius 2 is 1.67 bits per heavy atom. The van der Waals surface area contributed by atoms with Crippen LogP contribution in [0.1, 0.15) is 17.5 Å². The van der Waals surface area contributed by atoms with Crippen LogP contribution >= 0.6 is 0 Å². The van der Waals surface area contributed by atoms with Crippen LogP contribution in [0.25, 0.3) is 6.08 Å². The zero-order valence-electron chi connectivity index (χ0n) is 18.9. The van der Waals surface area contributed by atoms with Crippen molar-refractivity contribution >= 4 is 29.5 Å². The van der Waals surface area contributed by atoms with E-state index >= 15 is 0 Å². The van der Waals surface area contributed by atoms with Gasteiger partial charge in [-0.2, -0.15) is 0 Å². The lowest BCUT2D eigenvalue weighted by Gasteiger charge is -2.38. The fourth-order valence-corrected chi connectivity index (χ4v) is 4.36. The molecule has 7 heteroatoms. The summed E-state index contributed by atoms with van der Waals surface area (Å²) >= 11 is 0. The maximum absolute atomic E-state index is 13.0. The van der Waals surface area contributed by atoms with E-state index in [-0.39, 0.29) is 24.1 Å². The molecular weight excluding hydrogens is 416 g/mol. The van der Waals surface area contributed by atoms with Crippen molar-refractivity contribution in [1.82, 2.24) is 15.1 Å². The van der Waals surface area contributed by atoms with Gasteiger partial charge in [-0.3, -0.25) is 14.4 Å². The van der Waals surface area contributed by atoms with Gasteiger partial charge in [0.2, 0.25) is 17.7 Å². The Hall–Kier alpha value is -3.61. The van der Waals surface area contributed by atoms with Gasteiger partial charge in [0.05, 0.1) is 6.42 Å². The van der Waals surface area contributed by atoms with Crippen molar-refractivity contribution in [2.24, 2.45) is 0 Å². The van der Waals surface area contributed by atoms with Crippen LogP contribution in [-0.4, -0.2) is 72.8 Å². The average molecular weight is 447 g/mol. The number of anilines is 1. The molecule has 33 heavy (non-hydrogen) atoms. The summed E-state index contributed by atoms with van der Waals surface area (Å²) in [7, 11) is 0. The van der Waals surface area contributed by atoms with E-state index in [0.717, 1.165) is 29.9 Å². The van der Waals surface area contributed by atoms with Crippen molar-refractivity contribution in [3.63, 3.8) is 0 Å². The predicted molar refractivity (Wildman–Crippen MR) is 129 cm³/mol. The number of rotatable bonds is 5. The van der Waals surface area contributed by atoms with Crippen LogP contribution in [0.15, 0.2) is 60.7 Å². The molecule has 0 bridgehead atoms. The van der Waals surface area contributed by atoms with Gasteiger partial charge in [0.1, 0.15) is 6.04 Å². The molecule has 2 aliphatic rings. The van der Waals surface area contributed by atoms with E-state index in [1.54, 1.807) is 11.0 Å². The molecule has 172 valence electrons. The number of benzene rings is 2. The Bertz CT molecular complexity index is 1030. The van der Waals surface area contributed by atoms with Crippen LogP contribution in [0, 0.1) is 6.92 Å². The molecule has 0 saturated carbocycles. The van der Waals surface area contributed by atoms with Crippen molar-refractivity contribution in [3.05, 3.63) is 71.8 Å². The number of hydrogen-bond donors (Lipinski definition) is 1. The highest BCUT2D eigenvalue weighted by molar-refractivity contribution is 5.98. The molecule has 0 aliphatic carbocycles. The third-order valence-electron chi connectivity index (χ3n) is 6.33. The minimum atomic E-state index is -0.785. The number of carbonyl (C=O) groups is 3. The van der Waals surface area contributed by atoms with Crippen LogP contribution in [-0.2, 0) is 14.4 Å². The van der Waals surface area contributed by atoms with Crippen molar-refractivity contribution < 1.29 is 14.4 Å². The summed E-state index contributed by atoms with van der Waals surface area (Å²) in [5.41, 5.74) is 3.17.